The minimum atomic E-state index is 0.469. The number of aryl methyl sites for hydroxylation is 1. The molecule has 1 fully saturated rings. The van der Waals surface area contributed by atoms with E-state index in [-0.39, 0.29) is 0 Å². The van der Waals surface area contributed by atoms with Crippen molar-refractivity contribution in [2.75, 3.05) is 0 Å². The zero-order chi connectivity index (χ0) is 11.5. The van der Waals surface area contributed by atoms with Crippen molar-refractivity contribution in [3.63, 3.8) is 0 Å². The van der Waals surface area contributed by atoms with E-state index < -0.39 is 0 Å². The predicted molar refractivity (Wildman–Crippen MR) is 69.5 cm³/mol. The molecule has 0 saturated heterocycles. The van der Waals surface area contributed by atoms with Gasteiger partial charge in [-0.2, -0.15) is 0 Å². The average molecular weight is 217 g/mol. The minimum Gasteiger partial charge on any atom is -0.307 e. The predicted octanol–water partition coefficient (Wildman–Crippen LogP) is 3.83. The number of benzene rings is 1. The van der Waals surface area contributed by atoms with E-state index in [2.05, 4.69) is 50.4 Å². The first-order valence-corrected chi connectivity index (χ1v) is 6.49. The lowest BCUT2D eigenvalue weighted by Gasteiger charge is -2.34. The van der Waals surface area contributed by atoms with Crippen LogP contribution in [0.1, 0.15) is 50.3 Å². The van der Waals surface area contributed by atoms with Crippen molar-refractivity contribution < 1.29 is 0 Å². The van der Waals surface area contributed by atoms with Gasteiger partial charge in [0.2, 0.25) is 0 Å². The summed E-state index contributed by atoms with van der Waals surface area (Å²) in [4.78, 5) is 0. The summed E-state index contributed by atoms with van der Waals surface area (Å²) < 4.78 is 0. The van der Waals surface area contributed by atoms with Crippen molar-refractivity contribution >= 4 is 0 Å². The van der Waals surface area contributed by atoms with Gasteiger partial charge in [0, 0.05) is 12.1 Å². The highest BCUT2D eigenvalue weighted by atomic mass is 14.9. The molecule has 1 aliphatic carbocycles. The summed E-state index contributed by atoms with van der Waals surface area (Å²) in [7, 11) is 0. The van der Waals surface area contributed by atoms with E-state index in [1.165, 1.54) is 30.4 Å². The van der Waals surface area contributed by atoms with E-state index in [0.29, 0.717) is 12.1 Å². The second-order valence-corrected chi connectivity index (χ2v) is 5.28. The van der Waals surface area contributed by atoms with Crippen LogP contribution in [0.3, 0.4) is 0 Å². The zero-order valence-electron chi connectivity index (χ0n) is 10.7. The molecular formula is C15H23N. The summed E-state index contributed by atoms with van der Waals surface area (Å²) >= 11 is 0. The highest BCUT2D eigenvalue weighted by molar-refractivity contribution is 5.23. The van der Waals surface area contributed by atoms with Crippen LogP contribution < -0.4 is 5.32 Å². The van der Waals surface area contributed by atoms with Gasteiger partial charge < -0.3 is 5.32 Å². The lowest BCUT2D eigenvalue weighted by Crippen LogP contribution is -2.38. The Bertz CT molecular complexity index is 324. The smallest absolute Gasteiger partial charge is 0.0294 e. The molecule has 2 rings (SSSR count). The van der Waals surface area contributed by atoms with Gasteiger partial charge in [-0.25, -0.2) is 0 Å². The molecule has 0 spiro atoms. The van der Waals surface area contributed by atoms with Gasteiger partial charge in [0.05, 0.1) is 0 Å². The number of rotatable bonds is 4. The summed E-state index contributed by atoms with van der Waals surface area (Å²) in [6.45, 7) is 6.73. The third-order valence-corrected chi connectivity index (χ3v) is 3.95. The number of nitrogens with one attached hydrogen (secondary N) is 1. The van der Waals surface area contributed by atoms with E-state index in [0.717, 1.165) is 5.92 Å². The molecule has 1 saturated carbocycles. The molecule has 1 heteroatoms. The molecule has 0 heterocycles. The molecule has 1 N–H and O–H groups in total. The zero-order valence-corrected chi connectivity index (χ0v) is 10.7. The Morgan fingerprint density at radius 1 is 1.12 bits per heavy atom. The lowest BCUT2D eigenvalue weighted by molar-refractivity contribution is 0.230. The van der Waals surface area contributed by atoms with Crippen molar-refractivity contribution in [3.8, 4) is 0 Å². The quantitative estimate of drug-likeness (QED) is 0.808. The maximum atomic E-state index is 3.72. The van der Waals surface area contributed by atoms with E-state index in [9.17, 15) is 0 Å². The number of hydrogen-bond acceptors (Lipinski definition) is 1. The third kappa shape index (κ3) is 2.65. The summed E-state index contributed by atoms with van der Waals surface area (Å²) in [6.07, 6.45) is 4.25. The van der Waals surface area contributed by atoms with Crippen LogP contribution in [0.4, 0.5) is 0 Å². The topological polar surface area (TPSA) is 12.0 Å². The molecule has 1 aliphatic rings. The normalized spacial score (nSPS) is 20.2. The van der Waals surface area contributed by atoms with Crippen molar-refractivity contribution in [2.24, 2.45) is 5.92 Å². The van der Waals surface area contributed by atoms with Crippen LogP contribution in [-0.4, -0.2) is 6.04 Å². The van der Waals surface area contributed by atoms with Crippen LogP contribution in [0, 0.1) is 12.8 Å². The molecular weight excluding hydrogens is 194 g/mol. The standard InChI is InChI=1S/C15H23N/c1-11-7-9-15(10-8-11)13(3)16-12(2)14-5-4-6-14/h7-10,12-14,16H,4-6H2,1-3H3. The van der Waals surface area contributed by atoms with Gasteiger partial charge >= 0.3 is 0 Å². The molecule has 0 aliphatic heterocycles. The molecule has 0 amide bonds. The molecule has 1 aromatic carbocycles. The number of hydrogen-bond donors (Lipinski definition) is 1. The molecule has 0 aromatic heterocycles. The van der Waals surface area contributed by atoms with Crippen LogP contribution in [0.15, 0.2) is 24.3 Å². The Balaban J connectivity index is 1.91. The Morgan fingerprint density at radius 2 is 1.75 bits per heavy atom. The average Bonchev–Trinajstić information content (AvgIpc) is 2.15. The summed E-state index contributed by atoms with van der Waals surface area (Å²) in [5.41, 5.74) is 2.74. The second-order valence-electron chi connectivity index (χ2n) is 5.28. The Kier molecular flexibility index (Phi) is 3.65. The minimum absolute atomic E-state index is 0.469. The fraction of sp³-hybridized carbons (Fsp3) is 0.600. The summed E-state index contributed by atoms with van der Waals surface area (Å²) in [6, 6.07) is 9.99. The van der Waals surface area contributed by atoms with Crippen LogP contribution in [0.2, 0.25) is 0 Å². The van der Waals surface area contributed by atoms with Crippen LogP contribution in [0.5, 0.6) is 0 Å². The van der Waals surface area contributed by atoms with Gasteiger partial charge in [-0.05, 0) is 45.1 Å². The SMILES string of the molecule is Cc1ccc(C(C)NC(C)C2CCC2)cc1. The first-order valence-electron chi connectivity index (χ1n) is 6.49. The van der Waals surface area contributed by atoms with Gasteiger partial charge in [0.25, 0.3) is 0 Å². The highest BCUT2D eigenvalue weighted by Crippen LogP contribution is 2.30. The van der Waals surface area contributed by atoms with Gasteiger partial charge in [-0.3, -0.25) is 0 Å². The van der Waals surface area contributed by atoms with Crippen molar-refractivity contribution in [1.29, 1.82) is 0 Å². The van der Waals surface area contributed by atoms with Crippen LogP contribution in [-0.2, 0) is 0 Å². The molecule has 2 unspecified atom stereocenters. The molecule has 0 bridgehead atoms. The second kappa shape index (κ2) is 5.01. The Morgan fingerprint density at radius 3 is 2.25 bits per heavy atom. The van der Waals surface area contributed by atoms with Gasteiger partial charge in [0.15, 0.2) is 0 Å². The molecule has 16 heavy (non-hydrogen) atoms. The fourth-order valence-corrected chi connectivity index (χ4v) is 2.42. The third-order valence-electron chi connectivity index (χ3n) is 3.95. The molecule has 0 radical (unpaired) electrons. The van der Waals surface area contributed by atoms with Crippen LogP contribution >= 0.6 is 0 Å². The highest BCUT2D eigenvalue weighted by Gasteiger charge is 2.24. The van der Waals surface area contributed by atoms with Gasteiger partial charge in [-0.15, -0.1) is 0 Å². The lowest BCUT2D eigenvalue weighted by atomic mass is 9.80. The maximum Gasteiger partial charge on any atom is 0.0294 e. The molecule has 88 valence electrons. The summed E-state index contributed by atoms with van der Waals surface area (Å²) in [5, 5.41) is 3.72. The fourth-order valence-electron chi connectivity index (χ4n) is 2.42. The summed E-state index contributed by atoms with van der Waals surface area (Å²) in [5.74, 6) is 0.910. The van der Waals surface area contributed by atoms with Crippen LogP contribution in [0.25, 0.3) is 0 Å². The van der Waals surface area contributed by atoms with E-state index in [1.807, 2.05) is 0 Å². The first-order chi connectivity index (χ1) is 7.66. The van der Waals surface area contributed by atoms with Gasteiger partial charge in [0.1, 0.15) is 0 Å². The molecule has 1 nitrogen and oxygen atoms in total. The largest absolute Gasteiger partial charge is 0.307 e. The van der Waals surface area contributed by atoms with E-state index >= 15 is 0 Å². The molecule has 2 atom stereocenters. The maximum absolute atomic E-state index is 3.72. The van der Waals surface area contributed by atoms with Gasteiger partial charge in [-0.1, -0.05) is 36.2 Å². The first kappa shape index (κ1) is 11.7. The van der Waals surface area contributed by atoms with E-state index in [4.69, 9.17) is 0 Å². The Hall–Kier alpha value is -0.820. The van der Waals surface area contributed by atoms with Crippen molar-refractivity contribution in [1.82, 2.24) is 5.32 Å². The Labute approximate surface area is 99.3 Å². The van der Waals surface area contributed by atoms with Crippen molar-refractivity contribution in [2.45, 2.75) is 52.1 Å². The monoisotopic (exact) mass is 217 g/mol. The van der Waals surface area contributed by atoms with E-state index in [1.54, 1.807) is 0 Å². The van der Waals surface area contributed by atoms with Crippen molar-refractivity contribution in [3.05, 3.63) is 35.4 Å². The molecule has 1 aromatic rings.